The highest BCUT2D eigenvalue weighted by atomic mass is 32.2. The molecule has 1 N–H and O–H groups in total. The van der Waals surface area contributed by atoms with E-state index in [0.717, 1.165) is 33.9 Å². The maximum atomic E-state index is 13.7. The summed E-state index contributed by atoms with van der Waals surface area (Å²) >= 11 is 0. The summed E-state index contributed by atoms with van der Waals surface area (Å²) < 4.78 is 32.4. The molecule has 2 amide bonds. The molecule has 40 heavy (non-hydrogen) atoms. The number of carbonyl (C=O) groups excluding carboxylic acids is 2. The number of hydrogen-bond donors (Lipinski definition) is 1. The van der Waals surface area contributed by atoms with Crippen molar-refractivity contribution < 1.29 is 22.7 Å². The average Bonchev–Trinajstić information content (AvgIpc) is 2.92. The van der Waals surface area contributed by atoms with Crippen LogP contribution in [0.3, 0.4) is 0 Å². The fraction of sp³-hybridized carbons (Fsp3) is 0.548. The predicted octanol–water partition coefficient (Wildman–Crippen LogP) is 4.09. The van der Waals surface area contributed by atoms with E-state index in [0.29, 0.717) is 11.4 Å². The van der Waals surface area contributed by atoms with Crippen molar-refractivity contribution in [1.82, 2.24) is 10.2 Å². The Labute approximate surface area is 238 Å². The molecule has 4 fully saturated rings. The van der Waals surface area contributed by atoms with Crippen molar-refractivity contribution in [3.8, 4) is 5.75 Å². The van der Waals surface area contributed by atoms with E-state index in [1.54, 1.807) is 26.2 Å². The van der Waals surface area contributed by atoms with Crippen LogP contribution in [-0.4, -0.2) is 58.1 Å². The molecule has 0 saturated heterocycles. The Morgan fingerprint density at radius 2 is 1.62 bits per heavy atom. The number of rotatable bonds is 10. The van der Waals surface area contributed by atoms with Gasteiger partial charge in [0.05, 0.1) is 19.1 Å². The fourth-order valence-electron chi connectivity index (χ4n) is 7.82. The monoisotopic (exact) mass is 567 g/mol. The summed E-state index contributed by atoms with van der Waals surface area (Å²) in [6.07, 6.45) is 8.88. The van der Waals surface area contributed by atoms with Crippen molar-refractivity contribution >= 4 is 27.5 Å². The molecule has 216 valence electrons. The zero-order valence-electron chi connectivity index (χ0n) is 23.9. The van der Waals surface area contributed by atoms with Gasteiger partial charge in [-0.05, 0) is 104 Å². The molecule has 0 aromatic heterocycles. The normalized spacial score (nSPS) is 25.8. The molecule has 9 heteroatoms. The molecular formula is C31H41N3O5S. The van der Waals surface area contributed by atoms with Gasteiger partial charge in [0.2, 0.25) is 21.8 Å². The van der Waals surface area contributed by atoms with Crippen molar-refractivity contribution in [1.29, 1.82) is 0 Å². The molecule has 0 unspecified atom stereocenters. The van der Waals surface area contributed by atoms with Crippen molar-refractivity contribution in [3.05, 3.63) is 59.7 Å². The van der Waals surface area contributed by atoms with Crippen LogP contribution in [0.2, 0.25) is 0 Å². The number of methoxy groups -OCH3 is 1. The number of nitrogens with zero attached hydrogens (tertiary/aromatic N) is 2. The van der Waals surface area contributed by atoms with Gasteiger partial charge >= 0.3 is 0 Å². The van der Waals surface area contributed by atoms with Gasteiger partial charge in [0.15, 0.2) is 0 Å². The molecule has 4 saturated carbocycles. The zero-order chi connectivity index (χ0) is 28.7. The van der Waals surface area contributed by atoms with Crippen molar-refractivity contribution in [2.75, 3.05) is 31.3 Å². The number of ether oxygens (including phenoxy) is 1. The summed E-state index contributed by atoms with van der Waals surface area (Å²) in [5.41, 5.74) is 2.73. The number of likely N-dealkylation sites (N-methyl/N-ethyl adjacent to an activating group) is 1. The molecule has 4 aliphatic rings. The van der Waals surface area contributed by atoms with E-state index in [4.69, 9.17) is 4.74 Å². The topological polar surface area (TPSA) is 96.0 Å². The highest BCUT2D eigenvalue weighted by Gasteiger charge is 2.51. The summed E-state index contributed by atoms with van der Waals surface area (Å²) in [7, 11) is -0.696. The van der Waals surface area contributed by atoms with Crippen LogP contribution >= 0.6 is 0 Å². The third-order valence-corrected chi connectivity index (χ3v) is 10.5. The lowest BCUT2D eigenvalue weighted by molar-refractivity contribution is -0.139. The van der Waals surface area contributed by atoms with Gasteiger partial charge in [-0.25, -0.2) is 8.42 Å². The minimum atomic E-state index is -3.77. The molecule has 2 aromatic carbocycles. The van der Waals surface area contributed by atoms with Crippen molar-refractivity contribution in [2.45, 2.75) is 63.5 Å². The Bertz CT molecular complexity index is 1320. The Balaban J connectivity index is 1.39. The van der Waals surface area contributed by atoms with Crippen LogP contribution in [0.4, 0.5) is 5.69 Å². The number of hydrogen-bond acceptors (Lipinski definition) is 5. The van der Waals surface area contributed by atoms with Gasteiger partial charge in [-0.2, -0.15) is 0 Å². The highest BCUT2D eigenvalue weighted by Crippen LogP contribution is 2.60. The summed E-state index contributed by atoms with van der Waals surface area (Å²) in [5.74, 6) is 2.28. The van der Waals surface area contributed by atoms with Gasteiger partial charge in [-0.15, -0.1) is 0 Å². The van der Waals surface area contributed by atoms with Crippen LogP contribution in [0, 0.1) is 17.8 Å². The third-order valence-electron chi connectivity index (χ3n) is 9.39. The Morgan fingerprint density at radius 3 is 2.15 bits per heavy atom. The molecule has 4 bridgehead atoms. The SMILES string of the molecule is CNC(=O)[C@@H](C)N(Cc1cccc(OC)c1)C(=O)CN(c1ccc(C23CC4CC(CC(C4)C2)C3)cc1)S(C)(=O)=O. The molecule has 8 nitrogen and oxygen atoms in total. The van der Waals surface area contributed by atoms with E-state index < -0.39 is 28.5 Å². The van der Waals surface area contributed by atoms with Crippen LogP contribution < -0.4 is 14.4 Å². The van der Waals surface area contributed by atoms with E-state index in [-0.39, 0.29) is 17.9 Å². The number of amides is 2. The molecular weight excluding hydrogens is 526 g/mol. The standard InChI is InChI=1S/C31H41N3O5S/c1-21(30(36)32-2)33(19-22-6-5-7-28(15-22)39-3)29(35)20-34(40(4,37)38)27-10-8-26(9-11-27)31-16-23-12-24(17-31)14-25(13-23)18-31/h5-11,15,21,23-25H,12-14,16-20H2,1-4H3,(H,32,36)/t21-,23?,24?,25?,31?/m1/s1. The first kappa shape index (κ1) is 28.5. The fourth-order valence-corrected chi connectivity index (χ4v) is 8.67. The lowest BCUT2D eigenvalue weighted by atomic mass is 9.48. The van der Waals surface area contributed by atoms with Gasteiger partial charge in [0.25, 0.3) is 0 Å². The molecule has 6 rings (SSSR count). The summed E-state index contributed by atoms with van der Waals surface area (Å²) in [6, 6.07) is 14.3. The molecule has 4 aliphatic carbocycles. The second-order valence-electron chi connectivity index (χ2n) is 12.2. The molecule has 0 radical (unpaired) electrons. The van der Waals surface area contributed by atoms with E-state index in [1.165, 1.54) is 56.0 Å². The maximum Gasteiger partial charge on any atom is 0.244 e. The van der Waals surface area contributed by atoms with E-state index >= 15 is 0 Å². The second-order valence-corrected chi connectivity index (χ2v) is 14.1. The Hall–Kier alpha value is -3.07. The third kappa shape index (κ3) is 5.71. The molecule has 2 aromatic rings. The summed E-state index contributed by atoms with van der Waals surface area (Å²) in [6.45, 7) is 1.37. The van der Waals surface area contributed by atoms with Crippen molar-refractivity contribution in [2.24, 2.45) is 17.8 Å². The molecule has 1 atom stereocenters. The Kier molecular flexibility index (Phi) is 7.88. The highest BCUT2D eigenvalue weighted by molar-refractivity contribution is 7.92. The van der Waals surface area contributed by atoms with E-state index in [9.17, 15) is 18.0 Å². The summed E-state index contributed by atoms with van der Waals surface area (Å²) in [5, 5.41) is 2.59. The Morgan fingerprint density at radius 1 is 1.02 bits per heavy atom. The lowest BCUT2D eigenvalue weighted by Gasteiger charge is -2.57. The average molecular weight is 568 g/mol. The maximum absolute atomic E-state index is 13.7. The first-order valence-corrected chi connectivity index (χ1v) is 16.1. The van der Waals surface area contributed by atoms with Crippen LogP contribution in [-0.2, 0) is 31.6 Å². The van der Waals surface area contributed by atoms with Crippen LogP contribution in [0.25, 0.3) is 0 Å². The van der Waals surface area contributed by atoms with Crippen molar-refractivity contribution in [3.63, 3.8) is 0 Å². The minimum Gasteiger partial charge on any atom is -0.497 e. The number of sulfonamides is 1. The van der Waals surface area contributed by atoms with Crippen LogP contribution in [0.1, 0.15) is 56.6 Å². The van der Waals surface area contributed by atoms with Gasteiger partial charge < -0.3 is 15.0 Å². The first-order valence-electron chi connectivity index (χ1n) is 14.2. The number of anilines is 1. The molecule has 0 spiro atoms. The van der Waals surface area contributed by atoms with Gasteiger partial charge in [-0.1, -0.05) is 24.3 Å². The van der Waals surface area contributed by atoms with E-state index in [2.05, 4.69) is 17.4 Å². The zero-order valence-corrected chi connectivity index (χ0v) is 24.7. The van der Waals surface area contributed by atoms with Gasteiger partial charge in [0.1, 0.15) is 18.3 Å². The van der Waals surface area contributed by atoms with Crippen LogP contribution in [0.5, 0.6) is 5.75 Å². The molecule has 0 heterocycles. The minimum absolute atomic E-state index is 0.132. The number of benzene rings is 2. The van der Waals surface area contributed by atoms with Crippen LogP contribution in [0.15, 0.2) is 48.5 Å². The number of nitrogens with one attached hydrogen (secondary N) is 1. The smallest absolute Gasteiger partial charge is 0.244 e. The quantitative estimate of drug-likeness (QED) is 0.467. The first-order chi connectivity index (χ1) is 19.0. The van der Waals surface area contributed by atoms with Gasteiger partial charge in [-0.3, -0.25) is 13.9 Å². The second kappa shape index (κ2) is 11.1. The van der Waals surface area contributed by atoms with Gasteiger partial charge in [0, 0.05) is 13.6 Å². The lowest BCUT2D eigenvalue weighted by Crippen LogP contribution is -2.50. The largest absolute Gasteiger partial charge is 0.497 e. The van der Waals surface area contributed by atoms with E-state index in [1.807, 2.05) is 24.3 Å². The summed E-state index contributed by atoms with van der Waals surface area (Å²) in [4.78, 5) is 27.7. The number of carbonyl (C=O) groups is 2. The molecule has 0 aliphatic heterocycles. The predicted molar refractivity (Wildman–Crippen MR) is 156 cm³/mol.